The lowest BCUT2D eigenvalue weighted by molar-refractivity contribution is 0.403. The van der Waals surface area contributed by atoms with E-state index < -0.39 is 0 Å². The molecule has 0 heterocycles. The summed E-state index contributed by atoms with van der Waals surface area (Å²) in [4.78, 5) is 0. The van der Waals surface area contributed by atoms with Gasteiger partial charge in [-0.2, -0.15) is 0 Å². The lowest BCUT2D eigenvalue weighted by atomic mass is 9.93. The second kappa shape index (κ2) is 5.96. The zero-order valence-electron chi connectivity index (χ0n) is 10.2. The summed E-state index contributed by atoms with van der Waals surface area (Å²) in [7, 11) is 1.92. The molecule has 3 heteroatoms. The fraction of sp³-hybridized carbons (Fsp3) is 0.571. The molecule has 1 aromatic rings. The van der Waals surface area contributed by atoms with E-state index in [1.807, 2.05) is 19.2 Å². The van der Waals surface area contributed by atoms with Gasteiger partial charge in [-0.3, -0.25) is 0 Å². The summed E-state index contributed by atoms with van der Waals surface area (Å²) in [6.07, 6.45) is 6.33. The van der Waals surface area contributed by atoms with Crippen LogP contribution in [0.3, 0.4) is 0 Å². The molecule has 0 saturated heterocycles. The van der Waals surface area contributed by atoms with Gasteiger partial charge in [0.2, 0.25) is 0 Å². The second-order valence-corrected chi connectivity index (χ2v) is 5.81. The molecule has 0 spiro atoms. The average Bonchev–Trinajstić information content (AvgIpc) is 2.79. The third-order valence-electron chi connectivity index (χ3n) is 3.73. The van der Waals surface area contributed by atoms with Gasteiger partial charge in [-0.1, -0.05) is 47.7 Å². The van der Waals surface area contributed by atoms with Crippen molar-refractivity contribution in [2.24, 2.45) is 5.92 Å². The fourth-order valence-corrected chi connectivity index (χ4v) is 3.10. The highest BCUT2D eigenvalue weighted by Crippen LogP contribution is 2.33. The summed E-state index contributed by atoms with van der Waals surface area (Å²) < 4.78 is 14.7. The van der Waals surface area contributed by atoms with Crippen LogP contribution >= 0.6 is 15.9 Å². The maximum Gasteiger partial charge on any atom is 0.129 e. The predicted molar refractivity (Wildman–Crippen MR) is 72.5 cm³/mol. The normalized spacial score (nSPS) is 18.5. The number of hydrogen-bond acceptors (Lipinski definition) is 1. The average molecular weight is 300 g/mol. The molecular weight excluding hydrogens is 281 g/mol. The van der Waals surface area contributed by atoms with Crippen LogP contribution in [0.4, 0.5) is 4.39 Å². The van der Waals surface area contributed by atoms with Crippen molar-refractivity contribution in [1.29, 1.82) is 0 Å². The molecule has 1 N–H and O–H groups in total. The van der Waals surface area contributed by atoms with Gasteiger partial charge in [0, 0.05) is 16.1 Å². The van der Waals surface area contributed by atoms with Gasteiger partial charge in [-0.25, -0.2) is 4.39 Å². The minimum Gasteiger partial charge on any atom is -0.313 e. The Balaban J connectivity index is 2.10. The SMILES string of the molecule is CNC(CC1CCCC1)c1ccc(Br)cc1F. The van der Waals surface area contributed by atoms with Gasteiger partial charge in [0.15, 0.2) is 0 Å². The minimum absolute atomic E-state index is 0.114. The predicted octanol–water partition coefficient (Wildman–Crippen LogP) is 4.43. The summed E-state index contributed by atoms with van der Waals surface area (Å²) in [5.74, 6) is 0.646. The highest BCUT2D eigenvalue weighted by molar-refractivity contribution is 9.10. The molecule has 0 amide bonds. The number of halogens is 2. The maximum absolute atomic E-state index is 13.9. The van der Waals surface area contributed by atoms with Crippen LogP contribution in [-0.4, -0.2) is 7.05 Å². The van der Waals surface area contributed by atoms with Crippen LogP contribution in [0.25, 0.3) is 0 Å². The first kappa shape index (κ1) is 13.0. The Morgan fingerprint density at radius 2 is 2.12 bits per heavy atom. The second-order valence-electron chi connectivity index (χ2n) is 4.89. The van der Waals surface area contributed by atoms with Crippen LogP contribution in [0.5, 0.6) is 0 Å². The van der Waals surface area contributed by atoms with Crippen molar-refractivity contribution in [1.82, 2.24) is 5.32 Å². The third-order valence-corrected chi connectivity index (χ3v) is 4.22. The van der Waals surface area contributed by atoms with E-state index in [0.717, 1.165) is 22.4 Å². The van der Waals surface area contributed by atoms with Crippen molar-refractivity contribution in [2.75, 3.05) is 7.05 Å². The molecule has 1 atom stereocenters. The molecule has 0 bridgehead atoms. The molecule has 1 saturated carbocycles. The van der Waals surface area contributed by atoms with Crippen LogP contribution in [0.2, 0.25) is 0 Å². The Morgan fingerprint density at radius 1 is 1.41 bits per heavy atom. The van der Waals surface area contributed by atoms with Gasteiger partial charge in [0.05, 0.1) is 0 Å². The monoisotopic (exact) mass is 299 g/mol. The van der Waals surface area contributed by atoms with Gasteiger partial charge in [0.25, 0.3) is 0 Å². The highest BCUT2D eigenvalue weighted by atomic mass is 79.9. The summed E-state index contributed by atoms with van der Waals surface area (Å²) in [6, 6.07) is 5.49. The quantitative estimate of drug-likeness (QED) is 0.867. The van der Waals surface area contributed by atoms with Crippen LogP contribution in [0, 0.1) is 11.7 Å². The summed E-state index contributed by atoms with van der Waals surface area (Å²) in [6.45, 7) is 0. The van der Waals surface area contributed by atoms with E-state index in [4.69, 9.17) is 0 Å². The van der Waals surface area contributed by atoms with E-state index in [1.165, 1.54) is 25.7 Å². The number of rotatable bonds is 4. The fourth-order valence-electron chi connectivity index (χ4n) is 2.76. The molecule has 94 valence electrons. The molecule has 0 aromatic heterocycles. The molecule has 0 aliphatic heterocycles. The van der Waals surface area contributed by atoms with E-state index in [9.17, 15) is 4.39 Å². The third kappa shape index (κ3) is 3.29. The van der Waals surface area contributed by atoms with Gasteiger partial charge in [0.1, 0.15) is 5.82 Å². The first-order valence-corrected chi connectivity index (χ1v) is 7.12. The Kier molecular flexibility index (Phi) is 4.57. The van der Waals surface area contributed by atoms with Gasteiger partial charge >= 0.3 is 0 Å². The zero-order chi connectivity index (χ0) is 12.3. The molecule has 1 aliphatic carbocycles. The number of hydrogen-bond donors (Lipinski definition) is 1. The van der Waals surface area contributed by atoms with E-state index >= 15 is 0 Å². The molecule has 1 nitrogen and oxygen atoms in total. The first-order chi connectivity index (χ1) is 8.20. The zero-order valence-corrected chi connectivity index (χ0v) is 11.8. The number of benzene rings is 1. The molecule has 17 heavy (non-hydrogen) atoms. The van der Waals surface area contributed by atoms with Gasteiger partial charge < -0.3 is 5.32 Å². The minimum atomic E-state index is -0.114. The molecule has 1 unspecified atom stereocenters. The topological polar surface area (TPSA) is 12.0 Å². The van der Waals surface area contributed by atoms with Crippen molar-refractivity contribution in [2.45, 2.75) is 38.1 Å². The maximum atomic E-state index is 13.9. The van der Waals surface area contributed by atoms with Crippen molar-refractivity contribution >= 4 is 15.9 Å². The molecule has 1 fully saturated rings. The molecule has 1 aliphatic rings. The van der Waals surface area contributed by atoms with E-state index in [0.29, 0.717) is 0 Å². The molecule has 0 radical (unpaired) electrons. The first-order valence-electron chi connectivity index (χ1n) is 6.33. The lowest BCUT2D eigenvalue weighted by Gasteiger charge is -2.21. The summed E-state index contributed by atoms with van der Waals surface area (Å²) >= 11 is 3.30. The number of nitrogens with one attached hydrogen (secondary N) is 1. The Morgan fingerprint density at radius 3 is 2.71 bits per heavy atom. The lowest BCUT2D eigenvalue weighted by Crippen LogP contribution is -2.20. The van der Waals surface area contributed by atoms with Crippen LogP contribution in [0.1, 0.15) is 43.7 Å². The van der Waals surface area contributed by atoms with Crippen molar-refractivity contribution in [3.8, 4) is 0 Å². The largest absolute Gasteiger partial charge is 0.313 e. The summed E-state index contributed by atoms with van der Waals surface area (Å²) in [5, 5.41) is 3.25. The van der Waals surface area contributed by atoms with Crippen molar-refractivity contribution in [3.63, 3.8) is 0 Å². The van der Waals surface area contributed by atoms with E-state index in [-0.39, 0.29) is 11.9 Å². The van der Waals surface area contributed by atoms with E-state index in [2.05, 4.69) is 21.2 Å². The van der Waals surface area contributed by atoms with Crippen molar-refractivity contribution < 1.29 is 4.39 Å². The smallest absolute Gasteiger partial charge is 0.129 e. The van der Waals surface area contributed by atoms with Crippen LogP contribution in [-0.2, 0) is 0 Å². The molecule has 2 rings (SSSR count). The Labute approximate surface area is 111 Å². The summed E-state index contributed by atoms with van der Waals surface area (Å²) in [5.41, 5.74) is 0.794. The van der Waals surface area contributed by atoms with Crippen molar-refractivity contribution in [3.05, 3.63) is 34.1 Å². The standard InChI is InChI=1S/C14H19BrFN/c1-17-14(8-10-4-2-3-5-10)12-7-6-11(15)9-13(12)16/h6-7,9-10,14,17H,2-5,8H2,1H3. The molecular formula is C14H19BrFN. The van der Waals surface area contributed by atoms with Gasteiger partial charge in [-0.15, -0.1) is 0 Å². The van der Waals surface area contributed by atoms with Crippen LogP contribution < -0.4 is 5.32 Å². The Bertz CT molecular complexity index is 374. The van der Waals surface area contributed by atoms with Crippen LogP contribution in [0.15, 0.2) is 22.7 Å². The Hall–Kier alpha value is -0.410. The molecule has 1 aromatic carbocycles. The van der Waals surface area contributed by atoms with E-state index in [1.54, 1.807) is 6.07 Å². The van der Waals surface area contributed by atoms with Gasteiger partial charge in [-0.05, 0) is 31.5 Å². The highest BCUT2D eigenvalue weighted by Gasteiger charge is 2.22.